The summed E-state index contributed by atoms with van der Waals surface area (Å²) in [5.74, 6) is -0.455. The van der Waals surface area contributed by atoms with Crippen LogP contribution in [-0.2, 0) is 9.53 Å². The number of hydrogen-bond acceptors (Lipinski definition) is 4. The van der Waals surface area contributed by atoms with Gasteiger partial charge >= 0.3 is 5.97 Å². The smallest absolute Gasteiger partial charge is 0.310 e. The molecule has 4 nitrogen and oxygen atoms in total. The van der Waals surface area contributed by atoms with Gasteiger partial charge in [-0.25, -0.2) is 0 Å². The van der Waals surface area contributed by atoms with Crippen molar-refractivity contribution in [2.75, 3.05) is 19.7 Å². The molecule has 0 radical (unpaired) electrons. The highest BCUT2D eigenvalue weighted by atomic mass is 35.5. The fourth-order valence-corrected chi connectivity index (χ4v) is 3.21. The number of carbonyl (C=O) groups is 2. The molecule has 2 rings (SSSR count). The molecule has 19 heavy (non-hydrogen) atoms. The van der Waals surface area contributed by atoms with Crippen molar-refractivity contribution in [1.82, 2.24) is 4.90 Å². The first kappa shape index (κ1) is 14.3. The first-order valence-electron chi connectivity index (χ1n) is 6.33. The SMILES string of the molecule is CCOC(=O)[C@H]1CCCN(C(=O)c2ccc(Cl)s2)C1. The molecule has 1 aliphatic rings. The van der Waals surface area contributed by atoms with Crippen LogP contribution in [0.15, 0.2) is 12.1 Å². The highest BCUT2D eigenvalue weighted by molar-refractivity contribution is 7.17. The van der Waals surface area contributed by atoms with Gasteiger partial charge in [-0.1, -0.05) is 11.6 Å². The molecule has 1 aromatic rings. The van der Waals surface area contributed by atoms with E-state index in [1.807, 2.05) is 0 Å². The van der Waals surface area contributed by atoms with E-state index in [1.54, 1.807) is 24.0 Å². The number of piperidine rings is 1. The minimum atomic E-state index is -0.204. The van der Waals surface area contributed by atoms with Gasteiger partial charge in [0.25, 0.3) is 5.91 Å². The van der Waals surface area contributed by atoms with Crippen molar-refractivity contribution in [2.45, 2.75) is 19.8 Å². The molecule has 0 bridgehead atoms. The maximum atomic E-state index is 12.3. The van der Waals surface area contributed by atoms with E-state index in [0.29, 0.717) is 28.9 Å². The van der Waals surface area contributed by atoms with Crippen LogP contribution < -0.4 is 0 Å². The molecular weight excluding hydrogens is 286 g/mol. The maximum absolute atomic E-state index is 12.3. The van der Waals surface area contributed by atoms with Gasteiger partial charge in [-0.05, 0) is 31.9 Å². The minimum Gasteiger partial charge on any atom is -0.466 e. The number of halogens is 1. The summed E-state index contributed by atoms with van der Waals surface area (Å²) in [7, 11) is 0. The maximum Gasteiger partial charge on any atom is 0.310 e. The number of nitrogens with zero attached hydrogens (tertiary/aromatic N) is 1. The van der Waals surface area contributed by atoms with Crippen LogP contribution in [0, 0.1) is 5.92 Å². The zero-order chi connectivity index (χ0) is 13.8. The zero-order valence-electron chi connectivity index (χ0n) is 10.7. The summed E-state index contributed by atoms with van der Waals surface area (Å²) in [6, 6.07) is 3.44. The largest absolute Gasteiger partial charge is 0.466 e. The Morgan fingerprint density at radius 1 is 1.53 bits per heavy atom. The third kappa shape index (κ3) is 3.48. The number of hydrogen-bond donors (Lipinski definition) is 0. The minimum absolute atomic E-state index is 0.0501. The van der Waals surface area contributed by atoms with Gasteiger partial charge in [0.05, 0.1) is 21.7 Å². The van der Waals surface area contributed by atoms with Crippen molar-refractivity contribution in [2.24, 2.45) is 5.92 Å². The summed E-state index contributed by atoms with van der Waals surface area (Å²) >= 11 is 7.10. The highest BCUT2D eigenvalue weighted by Crippen LogP contribution is 2.25. The van der Waals surface area contributed by atoms with Crippen LogP contribution in [-0.4, -0.2) is 36.5 Å². The molecule has 104 valence electrons. The first-order valence-corrected chi connectivity index (χ1v) is 7.52. The number of carbonyl (C=O) groups excluding carboxylic acids is 2. The Morgan fingerprint density at radius 2 is 2.32 bits per heavy atom. The average molecular weight is 302 g/mol. The van der Waals surface area contributed by atoms with Crippen molar-refractivity contribution in [3.63, 3.8) is 0 Å². The van der Waals surface area contributed by atoms with E-state index in [1.165, 1.54) is 11.3 Å². The van der Waals surface area contributed by atoms with E-state index in [2.05, 4.69) is 0 Å². The van der Waals surface area contributed by atoms with Gasteiger partial charge in [0.2, 0.25) is 0 Å². The van der Waals surface area contributed by atoms with Crippen molar-refractivity contribution < 1.29 is 14.3 Å². The van der Waals surface area contributed by atoms with Crippen LogP contribution >= 0.6 is 22.9 Å². The lowest BCUT2D eigenvalue weighted by atomic mass is 9.98. The number of rotatable bonds is 3. The molecule has 0 saturated carbocycles. The van der Waals surface area contributed by atoms with Crippen molar-refractivity contribution in [3.8, 4) is 0 Å². The molecular formula is C13H16ClNO3S. The molecule has 1 amide bonds. The van der Waals surface area contributed by atoms with Crippen molar-refractivity contribution >= 4 is 34.8 Å². The lowest BCUT2D eigenvalue weighted by Gasteiger charge is -2.31. The number of ether oxygens (including phenoxy) is 1. The second kappa shape index (κ2) is 6.39. The van der Waals surface area contributed by atoms with Gasteiger partial charge in [0.15, 0.2) is 0 Å². The summed E-state index contributed by atoms with van der Waals surface area (Å²) in [6.07, 6.45) is 1.61. The van der Waals surface area contributed by atoms with E-state index in [0.717, 1.165) is 12.8 Å². The van der Waals surface area contributed by atoms with Crippen LogP contribution in [0.25, 0.3) is 0 Å². The Balaban J connectivity index is 2.01. The normalized spacial score (nSPS) is 19.3. The van der Waals surface area contributed by atoms with Crippen LogP contribution in [0.5, 0.6) is 0 Å². The molecule has 1 saturated heterocycles. The number of thiophene rings is 1. The molecule has 0 aromatic carbocycles. The quantitative estimate of drug-likeness (QED) is 0.807. The Morgan fingerprint density at radius 3 is 2.95 bits per heavy atom. The summed E-state index contributed by atoms with van der Waals surface area (Å²) in [5.41, 5.74) is 0. The van der Waals surface area contributed by atoms with Crippen LogP contribution in [0.4, 0.5) is 0 Å². The van der Waals surface area contributed by atoms with Gasteiger partial charge in [0.1, 0.15) is 0 Å². The third-order valence-corrected chi connectivity index (χ3v) is 4.33. The van der Waals surface area contributed by atoms with E-state index in [9.17, 15) is 9.59 Å². The Labute approximate surface area is 121 Å². The van der Waals surface area contributed by atoms with E-state index >= 15 is 0 Å². The van der Waals surface area contributed by atoms with Crippen LogP contribution in [0.2, 0.25) is 4.34 Å². The van der Waals surface area contributed by atoms with Gasteiger partial charge in [0, 0.05) is 13.1 Å². The van der Waals surface area contributed by atoms with Crippen molar-refractivity contribution in [3.05, 3.63) is 21.3 Å². The summed E-state index contributed by atoms with van der Waals surface area (Å²) < 4.78 is 5.62. The zero-order valence-corrected chi connectivity index (χ0v) is 12.3. The van der Waals surface area contributed by atoms with E-state index in [-0.39, 0.29) is 17.8 Å². The molecule has 0 spiro atoms. The summed E-state index contributed by atoms with van der Waals surface area (Å²) in [4.78, 5) is 26.3. The van der Waals surface area contributed by atoms with E-state index in [4.69, 9.17) is 16.3 Å². The number of amides is 1. The van der Waals surface area contributed by atoms with Crippen molar-refractivity contribution in [1.29, 1.82) is 0 Å². The number of likely N-dealkylation sites (tertiary alicyclic amines) is 1. The fraction of sp³-hybridized carbons (Fsp3) is 0.538. The molecule has 1 aliphatic heterocycles. The second-order valence-corrected chi connectivity index (χ2v) is 6.16. The molecule has 0 N–H and O–H groups in total. The molecule has 1 aromatic heterocycles. The lowest BCUT2D eigenvalue weighted by Crippen LogP contribution is -2.42. The summed E-state index contributed by atoms with van der Waals surface area (Å²) in [5, 5.41) is 0. The van der Waals surface area contributed by atoms with E-state index < -0.39 is 0 Å². The topological polar surface area (TPSA) is 46.6 Å². The van der Waals surface area contributed by atoms with Gasteiger partial charge in [-0.15, -0.1) is 11.3 Å². The molecule has 6 heteroatoms. The van der Waals surface area contributed by atoms with Crippen LogP contribution in [0.1, 0.15) is 29.4 Å². The predicted octanol–water partition coefficient (Wildman–Crippen LogP) is 2.82. The second-order valence-electron chi connectivity index (χ2n) is 4.45. The first-order chi connectivity index (χ1) is 9.11. The van der Waals surface area contributed by atoms with Gasteiger partial charge in [-0.2, -0.15) is 0 Å². The monoisotopic (exact) mass is 301 g/mol. The predicted molar refractivity (Wildman–Crippen MR) is 74.6 cm³/mol. The third-order valence-electron chi connectivity index (χ3n) is 3.11. The average Bonchev–Trinajstić information content (AvgIpc) is 2.85. The molecule has 0 aliphatic carbocycles. The molecule has 2 heterocycles. The molecule has 1 fully saturated rings. The van der Waals surface area contributed by atoms with Gasteiger partial charge in [-0.3, -0.25) is 9.59 Å². The highest BCUT2D eigenvalue weighted by Gasteiger charge is 2.30. The molecule has 1 atom stereocenters. The number of esters is 1. The lowest BCUT2D eigenvalue weighted by molar-refractivity contribution is -0.149. The van der Waals surface area contributed by atoms with Crippen LogP contribution in [0.3, 0.4) is 0 Å². The Kier molecular flexibility index (Phi) is 4.82. The summed E-state index contributed by atoms with van der Waals surface area (Å²) in [6.45, 7) is 3.29. The Hall–Kier alpha value is -1.07. The Bertz CT molecular complexity index is 474. The fourth-order valence-electron chi connectivity index (χ4n) is 2.20. The molecule has 0 unspecified atom stereocenters. The standard InChI is InChI=1S/C13H16ClNO3S/c1-2-18-13(17)9-4-3-7-15(8-9)12(16)10-5-6-11(14)19-10/h5-6,9H,2-4,7-8H2,1H3/t9-/m0/s1. The van der Waals surface area contributed by atoms with Gasteiger partial charge < -0.3 is 9.64 Å².